The van der Waals surface area contributed by atoms with Crippen LogP contribution < -0.4 is 0 Å². The van der Waals surface area contributed by atoms with E-state index in [0.717, 1.165) is 68.3 Å². The number of aromatic nitrogens is 2. The van der Waals surface area contributed by atoms with E-state index in [4.69, 9.17) is 4.74 Å². The summed E-state index contributed by atoms with van der Waals surface area (Å²) in [5.74, 6) is 2.63. The van der Waals surface area contributed by atoms with Gasteiger partial charge in [0.15, 0.2) is 0 Å². The third-order valence-electron chi connectivity index (χ3n) is 6.51. The lowest BCUT2D eigenvalue weighted by atomic mass is 9.82. The number of nitrogens with zero attached hydrogens (tertiary/aromatic N) is 3. The standard InChI is InChI=1S/C24H34N4O2S/c1-3-18-4-6-19(7-5-18)20-14-21(23-15-22(25-26-23)8-11-30-2)17-28(16-20)24(29)27-9-12-31-13-10-27/h4-7,15,20-21H,3,8-14,16-17H2,1-2H3,(H,25,26). The molecule has 2 aliphatic heterocycles. The number of benzene rings is 1. The van der Waals surface area contributed by atoms with Gasteiger partial charge < -0.3 is 14.5 Å². The summed E-state index contributed by atoms with van der Waals surface area (Å²) in [6.45, 7) is 6.08. The predicted molar refractivity (Wildman–Crippen MR) is 126 cm³/mol. The first-order valence-corrected chi connectivity index (χ1v) is 12.6. The maximum absolute atomic E-state index is 13.4. The summed E-state index contributed by atoms with van der Waals surface area (Å²) < 4.78 is 5.20. The monoisotopic (exact) mass is 442 g/mol. The smallest absolute Gasteiger partial charge is 0.320 e. The number of rotatable bonds is 6. The van der Waals surface area contributed by atoms with E-state index in [9.17, 15) is 4.79 Å². The second-order valence-electron chi connectivity index (χ2n) is 8.57. The summed E-state index contributed by atoms with van der Waals surface area (Å²) in [4.78, 5) is 17.5. The van der Waals surface area contributed by atoms with Gasteiger partial charge >= 0.3 is 6.03 Å². The molecule has 1 aromatic heterocycles. The van der Waals surface area contributed by atoms with Crippen molar-refractivity contribution >= 4 is 17.8 Å². The zero-order valence-corrected chi connectivity index (χ0v) is 19.5. The van der Waals surface area contributed by atoms with Crippen LogP contribution in [0.2, 0.25) is 0 Å². The quantitative estimate of drug-likeness (QED) is 0.737. The minimum Gasteiger partial charge on any atom is -0.384 e. The molecule has 0 spiro atoms. The Morgan fingerprint density at radius 2 is 1.90 bits per heavy atom. The molecule has 1 N–H and O–H groups in total. The van der Waals surface area contributed by atoms with E-state index < -0.39 is 0 Å². The molecule has 2 fully saturated rings. The van der Waals surface area contributed by atoms with E-state index in [1.54, 1.807) is 7.11 Å². The second kappa shape index (κ2) is 10.6. The van der Waals surface area contributed by atoms with Crippen molar-refractivity contribution in [3.05, 3.63) is 52.8 Å². The summed E-state index contributed by atoms with van der Waals surface area (Å²) in [5, 5.41) is 7.79. The number of amides is 2. The Labute approximate surface area is 189 Å². The molecule has 1 aromatic carbocycles. The van der Waals surface area contributed by atoms with Crippen LogP contribution in [0.3, 0.4) is 0 Å². The average molecular weight is 443 g/mol. The van der Waals surface area contributed by atoms with Crippen molar-refractivity contribution in [2.24, 2.45) is 0 Å². The SMILES string of the molecule is CCc1ccc(C2CC(c3cc(CCOC)[nH]n3)CN(C(=O)N3CCSCC3)C2)cc1. The molecule has 2 aromatic rings. The van der Waals surface area contributed by atoms with Crippen LogP contribution in [0.5, 0.6) is 0 Å². The van der Waals surface area contributed by atoms with Crippen molar-refractivity contribution in [1.29, 1.82) is 0 Å². The van der Waals surface area contributed by atoms with Crippen LogP contribution in [0, 0.1) is 0 Å². The number of piperidine rings is 1. The number of nitrogens with one attached hydrogen (secondary N) is 1. The first-order chi connectivity index (χ1) is 15.2. The van der Waals surface area contributed by atoms with Gasteiger partial charge in [-0.25, -0.2) is 4.79 Å². The highest BCUT2D eigenvalue weighted by molar-refractivity contribution is 7.99. The maximum atomic E-state index is 13.4. The Balaban J connectivity index is 1.55. The summed E-state index contributed by atoms with van der Waals surface area (Å²) in [6, 6.07) is 11.3. The first-order valence-electron chi connectivity index (χ1n) is 11.4. The highest BCUT2D eigenvalue weighted by Crippen LogP contribution is 2.36. The van der Waals surface area contributed by atoms with Crippen molar-refractivity contribution in [3.8, 4) is 0 Å². The number of likely N-dealkylation sites (tertiary alicyclic amines) is 1. The number of urea groups is 1. The first kappa shape index (κ1) is 22.2. The molecule has 2 saturated heterocycles. The predicted octanol–water partition coefficient (Wildman–Crippen LogP) is 3.90. The number of aryl methyl sites for hydroxylation is 1. The molecule has 2 unspecified atom stereocenters. The van der Waals surface area contributed by atoms with Gasteiger partial charge in [-0.1, -0.05) is 31.2 Å². The zero-order valence-electron chi connectivity index (χ0n) is 18.7. The number of aromatic amines is 1. The number of H-pyrrole nitrogens is 1. The van der Waals surface area contributed by atoms with E-state index in [-0.39, 0.29) is 11.9 Å². The van der Waals surface area contributed by atoms with Crippen molar-refractivity contribution < 1.29 is 9.53 Å². The Morgan fingerprint density at radius 3 is 2.61 bits per heavy atom. The molecular weight excluding hydrogens is 408 g/mol. The van der Waals surface area contributed by atoms with Crippen LogP contribution in [0.1, 0.15) is 47.7 Å². The second-order valence-corrected chi connectivity index (χ2v) is 9.80. The molecular formula is C24H34N4O2S. The number of methoxy groups -OCH3 is 1. The van der Waals surface area contributed by atoms with Crippen LogP contribution in [0.4, 0.5) is 4.79 Å². The molecule has 0 aliphatic carbocycles. The van der Waals surface area contributed by atoms with Crippen molar-refractivity contribution in [2.75, 3.05) is 51.4 Å². The maximum Gasteiger partial charge on any atom is 0.320 e. The lowest BCUT2D eigenvalue weighted by Crippen LogP contribution is -2.51. The Morgan fingerprint density at radius 1 is 1.16 bits per heavy atom. The van der Waals surface area contributed by atoms with Crippen LogP contribution in [0.15, 0.2) is 30.3 Å². The van der Waals surface area contributed by atoms with Gasteiger partial charge in [-0.2, -0.15) is 16.9 Å². The normalized spacial score (nSPS) is 22.0. The average Bonchev–Trinajstić information content (AvgIpc) is 3.31. The van der Waals surface area contributed by atoms with E-state index in [2.05, 4.69) is 52.4 Å². The van der Waals surface area contributed by atoms with Gasteiger partial charge in [0.2, 0.25) is 0 Å². The molecule has 168 valence electrons. The third kappa shape index (κ3) is 5.44. The van der Waals surface area contributed by atoms with Crippen molar-refractivity contribution in [3.63, 3.8) is 0 Å². The van der Waals surface area contributed by atoms with Crippen LogP contribution in [-0.4, -0.2) is 77.4 Å². The molecule has 4 rings (SSSR count). The molecule has 7 heteroatoms. The lowest BCUT2D eigenvalue weighted by Gasteiger charge is -2.40. The number of hydrogen-bond acceptors (Lipinski definition) is 4. The highest BCUT2D eigenvalue weighted by Gasteiger charge is 2.35. The minimum absolute atomic E-state index is 0.190. The molecule has 2 aliphatic rings. The number of hydrogen-bond donors (Lipinski definition) is 1. The molecule has 0 bridgehead atoms. The van der Waals surface area contributed by atoms with Crippen molar-refractivity contribution in [2.45, 2.75) is 38.0 Å². The van der Waals surface area contributed by atoms with Gasteiger partial charge in [0, 0.05) is 68.7 Å². The molecule has 2 atom stereocenters. The van der Waals surface area contributed by atoms with E-state index >= 15 is 0 Å². The minimum atomic E-state index is 0.190. The topological polar surface area (TPSA) is 61.5 Å². The Bertz CT molecular complexity index is 848. The van der Waals surface area contributed by atoms with E-state index in [1.165, 1.54) is 11.1 Å². The summed E-state index contributed by atoms with van der Waals surface area (Å²) in [7, 11) is 1.72. The fourth-order valence-corrected chi connectivity index (χ4v) is 5.52. The fraction of sp³-hybridized carbons (Fsp3) is 0.583. The van der Waals surface area contributed by atoms with Gasteiger partial charge in [-0.15, -0.1) is 0 Å². The Hall–Kier alpha value is -1.99. The summed E-state index contributed by atoms with van der Waals surface area (Å²) in [6.07, 6.45) is 2.88. The highest BCUT2D eigenvalue weighted by atomic mass is 32.2. The van der Waals surface area contributed by atoms with Crippen LogP contribution in [0.25, 0.3) is 0 Å². The van der Waals surface area contributed by atoms with Gasteiger partial charge in [0.05, 0.1) is 12.3 Å². The van der Waals surface area contributed by atoms with E-state index in [1.807, 2.05) is 16.7 Å². The van der Waals surface area contributed by atoms with E-state index in [0.29, 0.717) is 12.5 Å². The third-order valence-corrected chi connectivity index (χ3v) is 7.45. The van der Waals surface area contributed by atoms with Gasteiger partial charge in [-0.05, 0) is 30.0 Å². The summed E-state index contributed by atoms with van der Waals surface area (Å²) >= 11 is 1.93. The largest absolute Gasteiger partial charge is 0.384 e. The number of carbonyl (C=O) groups is 1. The molecule has 0 radical (unpaired) electrons. The van der Waals surface area contributed by atoms with Crippen LogP contribution in [-0.2, 0) is 17.6 Å². The summed E-state index contributed by atoms with van der Waals surface area (Å²) in [5.41, 5.74) is 4.83. The number of ether oxygens (including phenoxy) is 1. The molecule has 0 saturated carbocycles. The molecule has 2 amide bonds. The van der Waals surface area contributed by atoms with Crippen molar-refractivity contribution in [1.82, 2.24) is 20.0 Å². The molecule has 31 heavy (non-hydrogen) atoms. The molecule has 6 nitrogen and oxygen atoms in total. The number of carbonyl (C=O) groups excluding carboxylic acids is 1. The zero-order chi connectivity index (χ0) is 21.6. The number of thioether (sulfide) groups is 1. The lowest BCUT2D eigenvalue weighted by molar-refractivity contribution is 0.135. The van der Waals surface area contributed by atoms with Gasteiger partial charge in [0.25, 0.3) is 0 Å². The van der Waals surface area contributed by atoms with Crippen LogP contribution >= 0.6 is 11.8 Å². The van der Waals surface area contributed by atoms with Gasteiger partial charge in [-0.3, -0.25) is 5.10 Å². The molecule has 3 heterocycles. The Kier molecular flexibility index (Phi) is 7.56. The van der Waals surface area contributed by atoms with Gasteiger partial charge in [0.1, 0.15) is 0 Å². The fourth-order valence-electron chi connectivity index (χ4n) is 4.62.